The first-order valence-corrected chi connectivity index (χ1v) is 6.79. The molecular weight excluding hydrogens is 256 g/mol. The lowest BCUT2D eigenvalue weighted by Crippen LogP contribution is -2.44. The van der Waals surface area contributed by atoms with E-state index in [1.807, 2.05) is 0 Å². The Hall–Kier alpha value is -2.24. The summed E-state index contributed by atoms with van der Waals surface area (Å²) in [6.07, 6.45) is 10.0. The monoisotopic (exact) mass is 274 g/mol. The molecule has 20 heavy (non-hydrogen) atoms. The van der Waals surface area contributed by atoms with Crippen LogP contribution in [0.2, 0.25) is 0 Å². The number of carbonyl (C=O) groups excluding carboxylic acids is 2. The molecule has 0 saturated heterocycles. The summed E-state index contributed by atoms with van der Waals surface area (Å²) in [6.45, 7) is 0. The Bertz CT molecular complexity index is 481. The van der Waals surface area contributed by atoms with Gasteiger partial charge in [0, 0.05) is 18.4 Å². The third-order valence-corrected chi connectivity index (χ3v) is 3.23. The number of hydrogen-bond donors (Lipinski definition) is 2. The van der Waals surface area contributed by atoms with Gasteiger partial charge in [-0.15, -0.1) is 0 Å². The van der Waals surface area contributed by atoms with Crippen LogP contribution in [0, 0.1) is 0 Å². The first kappa shape index (κ1) is 14.2. The summed E-state index contributed by atoms with van der Waals surface area (Å²) >= 11 is 0. The van der Waals surface area contributed by atoms with Crippen molar-refractivity contribution >= 4 is 18.0 Å². The molecule has 1 fully saturated rings. The number of pyridine rings is 1. The van der Waals surface area contributed by atoms with Crippen molar-refractivity contribution in [2.75, 3.05) is 0 Å². The Morgan fingerprint density at radius 3 is 2.55 bits per heavy atom. The lowest BCUT2D eigenvalue weighted by molar-refractivity contribution is -0.139. The van der Waals surface area contributed by atoms with Crippen LogP contribution in [0.3, 0.4) is 0 Å². The SMILES string of the molecule is O=C(N/N=C\c1ccncc1)C(=O)NC1CCCCC1. The highest BCUT2D eigenvalue weighted by molar-refractivity contribution is 6.35. The van der Waals surface area contributed by atoms with Gasteiger partial charge in [0.2, 0.25) is 0 Å². The van der Waals surface area contributed by atoms with Gasteiger partial charge in [0.25, 0.3) is 0 Å². The number of nitrogens with one attached hydrogen (secondary N) is 2. The van der Waals surface area contributed by atoms with Gasteiger partial charge >= 0.3 is 11.8 Å². The van der Waals surface area contributed by atoms with Crippen molar-refractivity contribution in [3.8, 4) is 0 Å². The van der Waals surface area contributed by atoms with Crippen molar-refractivity contribution in [2.45, 2.75) is 38.1 Å². The van der Waals surface area contributed by atoms with E-state index >= 15 is 0 Å². The molecule has 0 bridgehead atoms. The summed E-state index contributed by atoms with van der Waals surface area (Å²) in [5.74, 6) is -1.36. The van der Waals surface area contributed by atoms with Gasteiger partial charge in [0.15, 0.2) is 0 Å². The van der Waals surface area contributed by atoms with E-state index < -0.39 is 11.8 Å². The molecule has 2 rings (SSSR count). The molecule has 0 aromatic carbocycles. The highest BCUT2D eigenvalue weighted by Gasteiger charge is 2.19. The largest absolute Gasteiger partial charge is 0.345 e. The third-order valence-electron chi connectivity index (χ3n) is 3.23. The number of amides is 2. The minimum Gasteiger partial charge on any atom is -0.345 e. The van der Waals surface area contributed by atoms with E-state index in [0.29, 0.717) is 0 Å². The number of aromatic nitrogens is 1. The fraction of sp³-hybridized carbons (Fsp3) is 0.429. The summed E-state index contributed by atoms with van der Waals surface area (Å²) < 4.78 is 0. The summed E-state index contributed by atoms with van der Waals surface area (Å²) in [6, 6.07) is 3.61. The number of hydrazone groups is 1. The summed E-state index contributed by atoms with van der Waals surface area (Å²) in [4.78, 5) is 27.1. The van der Waals surface area contributed by atoms with Crippen molar-refractivity contribution in [1.29, 1.82) is 0 Å². The van der Waals surface area contributed by atoms with Gasteiger partial charge in [-0.2, -0.15) is 5.10 Å². The second kappa shape index (κ2) is 7.37. The van der Waals surface area contributed by atoms with Crippen LogP contribution in [0.5, 0.6) is 0 Å². The molecule has 2 amide bonds. The van der Waals surface area contributed by atoms with E-state index in [0.717, 1.165) is 31.2 Å². The maximum Gasteiger partial charge on any atom is 0.329 e. The minimum atomic E-state index is -0.735. The molecular formula is C14H18N4O2. The molecule has 0 radical (unpaired) electrons. The molecule has 106 valence electrons. The second-order valence-corrected chi connectivity index (χ2v) is 4.79. The quantitative estimate of drug-likeness (QED) is 0.489. The zero-order chi connectivity index (χ0) is 14.2. The van der Waals surface area contributed by atoms with Crippen molar-refractivity contribution in [3.63, 3.8) is 0 Å². The Kier molecular flexibility index (Phi) is 5.23. The molecule has 0 aliphatic heterocycles. The minimum absolute atomic E-state index is 0.117. The Morgan fingerprint density at radius 1 is 1.15 bits per heavy atom. The molecule has 1 heterocycles. The van der Waals surface area contributed by atoms with Gasteiger partial charge in [-0.3, -0.25) is 14.6 Å². The number of carbonyl (C=O) groups is 2. The zero-order valence-corrected chi connectivity index (χ0v) is 11.2. The van der Waals surface area contributed by atoms with Crippen LogP contribution in [0.1, 0.15) is 37.7 Å². The van der Waals surface area contributed by atoms with Gasteiger partial charge in [-0.05, 0) is 30.5 Å². The predicted molar refractivity (Wildman–Crippen MR) is 75.0 cm³/mol. The predicted octanol–water partition coefficient (Wildman–Crippen LogP) is 0.981. The molecule has 1 aliphatic carbocycles. The van der Waals surface area contributed by atoms with E-state index in [9.17, 15) is 9.59 Å². The molecule has 1 aromatic rings. The van der Waals surface area contributed by atoms with Crippen LogP contribution in [-0.2, 0) is 9.59 Å². The third kappa shape index (κ3) is 4.46. The highest BCUT2D eigenvalue weighted by atomic mass is 16.2. The number of nitrogens with zero attached hydrogens (tertiary/aromatic N) is 2. The van der Waals surface area contributed by atoms with Crippen molar-refractivity contribution in [2.24, 2.45) is 5.10 Å². The van der Waals surface area contributed by atoms with Crippen molar-refractivity contribution in [1.82, 2.24) is 15.7 Å². The Morgan fingerprint density at radius 2 is 1.85 bits per heavy atom. The first-order valence-electron chi connectivity index (χ1n) is 6.79. The van der Waals surface area contributed by atoms with Crippen LogP contribution >= 0.6 is 0 Å². The fourth-order valence-electron chi connectivity index (χ4n) is 2.16. The number of hydrogen-bond acceptors (Lipinski definition) is 4. The average Bonchev–Trinajstić information content (AvgIpc) is 2.49. The molecule has 2 N–H and O–H groups in total. The molecule has 0 unspecified atom stereocenters. The van der Waals surface area contributed by atoms with E-state index in [-0.39, 0.29) is 6.04 Å². The summed E-state index contributed by atoms with van der Waals surface area (Å²) in [5, 5.41) is 6.47. The maximum absolute atomic E-state index is 11.6. The standard InChI is InChI=1S/C14H18N4O2/c19-13(17-12-4-2-1-3-5-12)14(20)18-16-10-11-6-8-15-9-7-11/h6-10,12H,1-5H2,(H,17,19)(H,18,20)/b16-10-. The smallest absolute Gasteiger partial charge is 0.329 e. The van der Waals surface area contributed by atoms with Crippen LogP contribution < -0.4 is 10.7 Å². The summed E-state index contributed by atoms with van der Waals surface area (Å²) in [5.41, 5.74) is 3.02. The highest BCUT2D eigenvalue weighted by Crippen LogP contribution is 2.17. The van der Waals surface area contributed by atoms with E-state index in [2.05, 4.69) is 20.8 Å². The van der Waals surface area contributed by atoms with Crippen LogP contribution in [0.25, 0.3) is 0 Å². The topological polar surface area (TPSA) is 83.5 Å². The normalized spacial score (nSPS) is 16.0. The molecule has 1 aromatic heterocycles. The molecule has 6 nitrogen and oxygen atoms in total. The lowest BCUT2D eigenvalue weighted by atomic mass is 9.95. The zero-order valence-electron chi connectivity index (χ0n) is 11.2. The van der Waals surface area contributed by atoms with E-state index in [1.54, 1.807) is 24.5 Å². The molecule has 1 aliphatic rings. The second-order valence-electron chi connectivity index (χ2n) is 4.79. The molecule has 1 saturated carbocycles. The average molecular weight is 274 g/mol. The molecule has 6 heteroatoms. The van der Waals surface area contributed by atoms with Gasteiger partial charge < -0.3 is 5.32 Å². The van der Waals surface area contributed by atoms with Gasteiger partial charge in [0.1, 0.15) is 0 Å². The Labute approximate surface area is 117 Å². The van der Waals surface area contributed by atoms with Crippen molar-refractivity contribution < 1.29 is 9.59 Å². The summed E-state index contributed by atoms with van der Waals surface area (Å²) in [7, 11) is 0. The molecule has 0 spiro atoms. The first-order chi connectivity index (χ1) is 9.75. The van der Waals surface area contributed by atoms with E-state index in [4.69, 9.17) is 0 Å². The van der Waals surface area contributed by atoms with E-state index in [1.165, 1.54) is 12.6 Å². The van der Waals surface area contributed by atoms with Crippen LogP contribution in [-0.4, -0.2) is 29.1 Å². The maximum atomic E-state index is 11.6. The van der Waals surface area contributed by atoms with Crippen molar-refractivity contribution in [3.05, 3.63) is 30.1 Å². The molecule has 0 atom stereocenters. The van der Waals surface area contributed by atoms with Gasteiger partial charge in [0.05, 0.1) is 6.21 Å². The fourth-order valence-corrected chi connectivity index (χ4v) is 2.16. The van der Waals surface area contributed by atoms with Gasteiger partial charge in [-0.1, -0.05) is 19.3 Å². The van der Waals surface area contributed by atoms with Gasteiger partial charge in [-0.25, -0.2) is 5.43 Å². The van der Waals surface area contributed by atoms with Crippen LogP contribution in [0.4, 0.5) is 0 Å². The lowest BCUT2D eigenvalue weighted by Gasteiger charge is -2.22. The Balaban J connectivity index is 1.76. The number of rotatable bonds is 3. The van der Waals surface area contributed by atoms with Crippen LogP contribution in [0.15, 0.2) is 29.6 Å².